The highest BCUT2D eigenvalue weighted by atomic mass is 19.4. The third kappa shape index (κ3) is 4.98. The number of aromatic carboxylic acids is 1. The summed E-state index contributed by atoms with van der Waals surface area (Å²) in [5, 5.41) is 9.51. The van der Waals surface area contributed by atoms with Crippen molar-refractivity contribution in [3.63, 3.8) is 0 Å². The summed E-state index contributed by atoms with van der Waals surface area (Å²) in [6.45, 7) is 0.129. The van der Waals surface area contributed by atoms with Crippen molar-refractivity contribution in [1.82, 2.24) is 9.97 Å². The van der Waals surface area contributed by atoms with E-state index in [-0.39, 0.29) is 12.2 Å². The number of nitrogens with zero attached hydrogens (tertiary/aromatic N) is 2. The predicted octanol–water partition coefficient (Wildman–Crippen LogP) is 3.49. The summed E-state index contributed by atoms with van der Waals surface area (Å²) in [7, 11) is 0. The number of alkyl halides is 3. The molecule has 0 radical (unpaired) electrons. The van der Waals surface area contributed by atoms with Crippen LogP contribution in [0.25, 0.3) is 10.9 Å². The lowest BCUT2D eigenvalue weighted by Crippen LogP contribution is -2.06. The molecule has 0 fully saturated rings. The molecule has 25 heavy (non-hydrogen) atoms. The molecule has 0 bridgehead atoms. The molecule has 0 aliphatic rings. The summed E-state index contributed by atoms with van der Waals surface area (Å²) in [4.78, 5) is 18.4. The van der Waals surface area contributed by atoms with Gasteiger partial charge in [0.05, 0.1) is 11.1 Å². The van der Waals surface area contributed by atoms with Gasteiger partial charge in [0.1, 0.15) is 5.69 Å². The maximum Gasteiger partial charge on any atom is 0.416 e. The summed E-state index contributed by atoms with van der Waals surface area (Å²) < 4.78 is 36.2. The molecular weight excluding hydrogens is 335 g/mol. The van der Waals surface area contributed by atoms with E-state index in [9.17, 15) is 18.0 Å². The van der Waals surface area contributed by atoms with Crippen LogP contribution >= 0.6 is 0 Å². The van der Waals surface area contributed by atoms with Crippen molar-refractivity contribution >= 4 is 16.9 Å². The normalized spacial score (nSPS) is 10.9. The zero-order chi connectivity index (χ0) is 18.4. The molecule has 3 aromatic rings. The standard InChI is InChI=1S/C9H6N2O2.C8H8F3N/c12-9(13)8-2-1-6-5-10-4-3-7(6)11-8;9-8(10,11)7-3-1-2-6(4-7)5-12/h1-5H,(H,12,13);1-4H,5,12H2. The molecular formula is C17H14F3N3O2. The molecule has 0 atom stereocenters. The summed E-state index contributed by atoms with van der Waals surface area (Å²) >= 11 is 0. The highest BCUT2D eigenvalue weighted by molar-refractivity contribution is 5.89. The molecule has 8 heteroatoms. The number of aromatic nitrogens is 2. The van der Waals surface area contributed by atoms with E-state index in [0.717, 1.165) is 17.5 Å². The van der Waals surface area contributed by atoms with E-state index in [4.69, 9.17) is 10.8 Å². The molecule has 0 saturated carbocycles. The zero-order valence-corrected chi connectivity index (χ0v) is 12.9. The molecule has 2 heterocycles. The van der Waals surface area contributed by atoms with Crippen LogP contribution in [0, 0.1) is 0 Å². The van der Waals surface area contributed by atoms with Crippen LogP contribution in [0.2, 0.25) is 0 Å². The van der Waals surface area contributed by atoms with Crippen molar-refractivity contribution in [2.45, 2.75) is 12.7 Å². The second-order valence-electron chi connectivity index (χ2n) is 4.97. The number of benzene rings is 1. The molecule has 3 N–H and O–H groups in total. The van der Waals surface area contributed by atoms with Crippen LogP contribution in [0.5, 0.6) is 0 Å². The Hall–Kier alpha value is -3.00. The number of carboxylic acid groups (broad SMARTS) is 1. The van der Waals surface area contributed by atoms with E-state index in [1.165, 1.54) is 12.1 Å². The average molecular weight is 349 g/mol. The number of pyridine rings is 2. The number of carbonyl (C=O) groups is 1. The van der Waals surface area contributed by atoms with Crippen molar-refractivity contribution in [2.24, 2.45) is 5.73 Å². The quantitative estimate of drug-likeness (QED) is 0.739. The number of hydrogen-bond donors (Lipinski definition) is 2. The number of carboxylic acids is 1. The summed E-state index contributed by atoms with van der Waals surface area (Å²) in [5.41, 5.74) is 5.74. The van der Waals surface area contributed by atoms with E-state index in [0.29, 0.717) is 11.1 Å². The SMILES string of the molecule is NCc1cccc(C(F)(F)F)c1.O=C(O)c1ccc2cnccc2n1. The molecule has 3 rings (SSSR count). The Morgan fingerprint density at radius 2 is 1.92 bits per heavy atom. The first-order valence-corrected chi connectivity index (χ1v) is 7.11. The fourth-order valence-electron chi connectivity index (χ4n) is 1.96. The number of fused-ring (bicyclic) bond motifs is 1. The average Bonchev–Trinajstić information content (AvgIpc) is 2.61. The highest BCUT2D eigenvalue weighted by Gasteiger charge is 2.30. The van der Waals surface area contributed by atoms with Gasteiger partial charge in [-0.2, -0.15) is 13.2 Å². The first kappa shape index (κ1) is 18.3. The first-order valence-electron chi connectivity index (χ1n) is 7.11. The van der Waals surface area contributed by atoms with Crippen molar-refractivity contribution < 1.29 is 23.1 Å². The van der Waals surface area contributed by atoms with E-state index >= 15 is 0 Å². The van der Waals surface area contributed by atoms with Crippen LogP contribution < -0.4 is 5.73 Å². The molecule has 0 unspecified atom stereocenters. The third-order valence-electron chi connectivity index (χ3n) is 3.20. The molecule has 0 aliphatic carbocycles. The van der Waals surface area contributed by atoms with Gasteiger partial charge in [-0.15, -0.1) is 0 Å². The number of nitrogens with two attached hydrogens (primary N) is 1. The zero-order valence-electron chi connectivity index (χ0n) is 12.9. The molecule has 130 valence electrons. The fourth-order valence-corrected chi connectivity index (χ4v) is 1.96. The van der Waals surface area contributed by atoms with Crippen LogP contribution in [0.1, 0.15) is 21.6 Å². The number of halogens is 3. The second kappa shape index (κ2) is 7.71. The highest BCUT2D eigenvalue weighted by Crippen LogP contribution is 2.29. The summed E-state index contributed by atoms with van der Waals surface area (Å²) in [5.74, 6) is -1.02. The summed E-state index contributed by atoms with van der Waals surface area (Å²) in [6.07, 6.45) is -1.04. The van der Waals surface area contributed by atoms with E-state index < -0.39 is 17.7 Å². The molecule has 2 aromatic heterocycles. The molecule has 0 spiro atoms. The van der Waals surface area contributed by atoms with Gasteiger partial charge in [-0.25, -0.2) is 9.78 Å². The van der Waals surface area contributed by atoms with Gasteiger partial charge in [0.25, 0.3) is 0 Å². The molecule has 1 aromatic carbocycles. The number of rotatable bonds is 2. The van der Waals surface area contributed by atoms with Crippen molar-refractivity contribution in [1.29, 1.82) is 0 Å². The van der Waals surface area contributed by atoms with E-state index in [1.54, 1.807) is 30.6 Å². The van der Waals surface area contributed by atoms with E-state index in [2.05, 4.69) is 9.97 Å². The molecule has 0 aliphatic heterocycles. The van der Waals surface area contributed by atoms with Crippen molar-refractivity contribution in [3.05, 3.63) is 71.7 Å². The lowest BCUT2D eigenvalue weighted by atomic mass is 10.1. The van der Waals surface area contributed by atoms with Crippen molar-refractivity contribution in [3.8, 4) is 0 Å². The molecule has 5 nitrogen and oxygen atoms in total. The minimum Gasteiger partial charge on any atom is -0.477 e. The van der Waals surface area contributed by atoms with Gasteiger partial charge in [0.2, 0.25) is 0 Å². The Balaban J connectivity index is 0.000000181. The molecule has 0 amide bonds. The van der Waals surface area contributed by atoms with Gasteiger partial charge >= 0.3 is 12.1 Å². The van der Waals surface area contributed by atoms with Crippen LogP contribution in [-0.4, -0.2) is 21.0 Å². The monoisotopic (exact) mass is 349 g/mol. The maximum absolute atomic E-state index is 12.1. The Morgan fingerprint density at radius 1 is 1.16 bits per heavy atom. The minimum absolute atomic E-state index is 0.0544. The lowest BCUT2D eigenvalue weighted by molar-refractivity contribution is -0.137. The summed E-state index contributed by atoms with van der Waals surface area (Å²) in [6, 6.07) is 9.84. The Labute approximate surface area is 141 Å². The molecule has 0 saturated heterocycles. The Kier molecular flexibility index (Phi) is 5.66. The van der Waals surface area contributed by atoms with Gasteiger partial charge in [-0.05, 0) is 29.8 Å². The fraction of sp³-hybridized carbons (Fsp3) is 0.118. The first-order chi connectivity index (χ1) is 11.8. The van der Waals surface area contributed by atoms with Gasteiger partial charge in [0.15, 0.2) is 0 Å². The third-order valence-corrected chi connectivity index (χ3v) is 3.20. The van der Waals surface area contributed by atoms with Gasteiger partial charge in [-0.3, -0.25) is 4.98 Å². The van der Waals surface area contributed by atoms with Gasteiger partial charge < -0.3 is 10.8 Å². The Bertz CT molecular complexity index is 882. The van der Waals surface area contributed by atoms with Crippen LogP contribution in [-0.2, 0) is 12.7 Å². The van der Waals surface area contributed by atoms with Gasteiger partial charge in [-0.1, -0.05) is 18.2 Å². The lowest BCUT2D eigenvalue weighted by Gasteiger charge is -2.06. The van der Waals surface area contributed by atoms with Crippen LogP contribution in [0.15, 0.2) is 54.9 Å². The predicted molar refractivity (Wildman–Crippen MR) is 85.8 cm³/mol. The van der Waals surface area contributed by atoms with Crippen LogP contribution in [0.4, 0.5) is 13.2 Å². The largest absolute Gasteiger partial charge is 0.477 e. The smallest absolute Gasteiger partial charge is 0.416 e. The second-order valence-corrected chi connectivity index (χ2v) is 4.97. The topological polar surface area (TPSA) is 89.1 Å². The van der Waals surface area contributed by atoms with Crippen molar-refractivity contribution in [2.75, 3.05) is 0 Å². The Morgan fingerprint density at radius 3 is 2.56 bits per heavy atom. The number of hydrogen-bond acceptors (Lipinski definition) is 4. The van der Waals surface area contributed by atoms with E-state index in [1.807, 2.05) is 0 Å². The minimum atomic E-state index is -4.27. The van der Waals surface area contributed by atoms with Crippen LogP contribution in [0.3, 0.4) is 0 Å². The van der Waals surface area contributed by atoms with Gasteiger partial charge in [0, 0.05) is 24.3 Å². The maximum atomic E-state index is 12.1.